The Bertz CT molecular complexity index is 1240. The van der Waals surface area contributed by atoms with Crippen LogP contribution in [-0.4, -0.2) is 41.6 Å². The maximum atomic E-state index is 13.2. The summed E-state index contributed by atoms with van der Waals surface area (Å²) in [7, 11) is -2.45. The number of carbonyl (C=O) groups excluding carboxylic acids is 1. The first-order chi connectivity index (χ1) is 14.9. The Balaban J connectivity index is 1.61. The third-order valence-corrected chi connectivity index (χ3v) is 7.17. The third kappa shape index (κ3) is 3.90. The molecule has 0 bridgehead atoms. The summed E-state index contributed by atoms with van der Waals surface area (Å²) in [6.45, 7) is 0.337. The number of benzene rings is 2. The molecule has 2 amide bonds. The van der Waals surface area contributed by atoms with Crippen molar-refractivity contribution in [2.75, 3.05) is 18.0 Å². The first-order valence-electron chi connectivity index (χ1n) is 9.81. The molecule has 0 saturated carbocycles. The normalized spacial score (nSPS) is 14.9. The second-order valence-electron chi connectivity index (χ2n) is 7.26. The fourth-order valence-corrected chi connectivity index (χ4v) is 5.29. The predicted molar refractivity (Wildman–Crippen MR) is 115 cm³/mol. The Kier molecular flexibility index (Phi) is 5.48. The summed E-state index contributed by atoms with van der Waals surface area (Å²) in [6, 6.07) is 18.1. The molecule has 2 heterocycles. The van der Waals surface area contributed by atoms with E-state index in [2.05, 4.69) is 11.2 Å². The van der Waals surface area contributed by atoms with Crippen LogP contribution in [0.3, 0.4) is 0 Å². The molecule has 0 unspecified atom stereocenters. The number of nitriles is 1. The quantitative estimate of drug-likeness (QED) is 0.593. The molecule has 1 aliphatic heterocycles. The van der Waals surface area contributed by atoms with Gasteiger partial charge in [0.05, 0.1) is 17.8 Å². The number of fused-ring (bicyclic) bond motifs is 1. The number of anilines is 1. The smallest absolute Gasteiger partial charge is 0.289 e. The summed E-state index contributed by atoms with van der Waals surface area (Å²) in [5, 5.41) is 13.0. The van der Waals surface area contributed by atoms with E-state index in [0.29, 0.717) is 24.9 Å². The van der Waals surface area contributed by atoms with Gasteiger partial charge in [-0.25, -0.2) is 9.10 Å². The number of aryl methyl sites for hydroxylation is 1. The number of rotatable bonds is 6. The lowest BCUT2D eigenvalue weighted by atomic mass is 10.1. The van der Waals surface area contributed by atoms with Gasteiger partial charge in [0.15, 0.2) is 5.03 Å². The Morgan fingerprint density at radius 3 is 2.29 bits per heavy atom. The van der Waals surface area contributed by atoms with Crippen molar-refractivity contribution in [3.05, 3.63) is 77.5 Å². The number of hydrogen-bond donors (Lipinski definition) is 0. The second kappa shape index (κ2) is 8.24. The molecule has 0 aliphatic carbocycles. The van der Waals surface area contributed by atoms with Gasteiger partial charge >= 0.3 is 6.03 Å². The van der Waals surface area contributed by atoms with Gasteiger partial charge < -0.3 is 0 Å². The number of nitrogens with zero attached hydrogens (tertiary/aromatic N) is 5. The van der Waals surface area contributed by atoms with Gasteiger partial charge in [-0.3, -0.25) is 9.58 Å². The lowest BCUT2D eigenvalue weighted by Crippen LogP contribution is -2.52. The molecule has 0 N–H and O–H groups in total. The Hall–Kier alpha value is -3.64. The van der Waals surface area contributed by atoms with E-state index in [1.54, 1.807) is 19.2 Å². The summed E-state index contributed by atoms with van der Waals surface area (Å²) in [4.78, 5) is 14.7. The SMILES string of the molecule is Cn1ncc2c1S(=O)(=O)N(CCc1ccccc1)C(=O)N2CCc1ccc(C#N)cc1. The maximum absolute atomic E-state index is 13.2. The van der Waals surface area contributed by atoms with E-state index in [9.17, 15) is 13.2 Å². The number of hydrogen-bond acceptors (Lipinski definition) is 5. The minimum Gasteiger partial charge on any atom is -0.289 e. The monoisotopic (exact) mass is 435 g/mol. The number of urea groups is 1. The highest BCUT2D eigenvalue weighted by atomic mass is 32.2. The maximum Gasteiger partial charge on any atom is 0.338 e. The van der Waals surface area contributed by atoms with Gasteiger partial charge in [0, 0.05) is 20.1 Å². The zero-order chi connectivity index (χ0) is 22.0. The van der Waals surface area contributed by atoms with Crippen LogP contribution in [0.15, 0.2) is 65.8 Å². The van der Waals surface area contributed by atoms with Crippen molar-refractivity contribution in [1.82, 2.24) is 14.1 Å². The van der Waals surface area contributed by atoms with E-state index < -0.39 is 16.1 Å². The van der Waals surface area contributed by atoms with Crippen molar-refractivity contribution in [3.8, 4) is 6.07 Å². The lowest BCUT2D eigenvalue weighted by molar-refractivity contribution is 0.227. The summed E-state index contributed by atoms with van der Waals surface area (Å²) in [5.74, 6) is 0. The number of sulfonamides is 1. The molecule has 2 aromatic carbocycles. The fourth-order valence-electron chi connectivity index (χ4n) is 3.64. The van der Waals surface area contributed by atoms with Crippen LogP contribution in [0.4, 0.5) is 10.5 Å². The van der Waals surface area contributed by atoms with Gasteiger partial charge in [0.1, 0.15) is 5.69 Å². The first kappa shape index (κ1) is 20.6. The largest absolute Gasteiger partial charge is 0.338 e. The molecule has 0 spiro atoms. The molecule has 8 nitrogen and oxygen atoms in total. The van der Waals surface area contributed by atoms with Crippen molar-refractivity contribution in [2.24, 2.45) is 7.05 Å². The van der Waals surface area contributed by atoms with Crippen LogP contribution in [0, 0.1) is 11.3 Å². The van der Waals surface area contributed by atoms with Crippen molar-refractivity contribution < 1.29 is 13.2 Å². The predicted octanol–water partition coefficient (Wildman–Crippen LogP) is 2.71. The summed E-state index contributed by atoms with van der Waals surface area (Å²) >= 11 is 0. The fraction of sp³-hybridized carbons (Fsp3) is 0.227. The topological polar surface area (TPSA) is 99.3 Å². The van der Waals surface area contributed by atoms with Crippen LogP contribution in [0.1, 0.15) is 16.7 Å². The third-order valence-electron chi connectivity index (χ3n) is 5.29. The lowest BCUT2D eigenvalue weighted by Gasteiger charge is -2.34. The molecule has 3 aromatic rings. The Labute approximate surface area is 181 Å². The molecule has 0 fully saturated rings. The van der Waals surface area contributed by atoms with Crippen molar-refractivity contribution >= 4 is 21.7 Å². The zero-order valence-electron chi connectivity index (χ0n) is 17.0. The molecule has 0 radical (unpaired) electrons. The molecular weight excluding hydrogens is 414 g/mol. The van der Waals surface area contributed by atoms with Gasteiger partial charge in [-0.05, 0) is 36.1 Å². The highest BCUT2D eigenvalue weighted by Crippen LogP contribution is 2.34. The average Bonchev–Trinajstić information content (AvgIpc) is 3.17. The van der Waals surface area contributed by atoms with Gasteiger partial charge in [-0.2, -0.15) is 18.8 Å². The minimum absolute atomic E-state index is 0.0139. The van der Waals surface area contributed by atoms with Gasteiger partial charge in [0.2, 0.25) is 0 Å². The van der Waals surface area contributed by atoms with E-state index in [1.165, 1.54) is 15.8 Å². The van der Waals surface area contributed by atoms with Crippen molar-refractivity contribution in [1.29, 1.82) is 5.26 Å². The molecule has 31 heavy (non-hydrogen) atoms. The van der Waals surface area contributed by atoms with Crippen LogP contribution in [-0.2, 0) is 29.9 Å². The number of aromatic nitrogens is 2. The van der Waals surface area contributed by atoms with Crippen LogP contribution >= 0.6 is 0 Å². The zero-order valence-corrected chi connectivity index (χ0v) is 17.8. The molecule has 1 aromatic heterocycles. The molecule has 1 aliphatic rings. The standard InChI is InChI=1S/C22H21N5O3S/c1-25-21-20(16-24-25)26(13-11-18-7-9-19(15-23)10-8-18)22(28)27(31(21,29)30)14-12-17-5-3-2-4-6-17/h2-10,16H,11-14H2,1H3. The minimum atomic E-state index is -4.01. The Morgan fingerprint density at radius 2 is 1.61 bits per heavy atom. The van der Waals surface area contributed by atoms with E-state index >= 15 is 0 Å². The van der Waals surface area contributed by atoms with E-state index in [0.717, 1.165) is 15.4 Å². The number of amides is 2. The van der Waals surface area contributed by atoms with E-state index in [4.69, 9.17) is 5.26 Å². The highest BCUT2D eigenvalue weighted by molar-refractivity contribution is 7.89. The van der Waals surface area contributed by atoms with Crippen molar-refractivity contribution in [3.63, 3.8) is 0 Å². The van der Waals surface area contributed by atoms with Crippen LogP contribution < -0.4 is 4.90 Å². The van der Waals surface area contributed by atoms with Crippen LogP contribution in [0.25, 0.3) is 0 Å². The van der Waals surface area contributed by atoms with Gasteiger partial charge in [-0.1, -0.05) is 42.5 Å². The van der Waals surface area contributed by atoms with E-state index in [-0.39, 0.29) is 17.3 Å². The van der Waals surface area contributed by atoms with Crippen LogP contribution in [0.5, 0.6) is 0 Å². The molecule has 158 valence electrons. The van der Waals surface area contributed by atoms with Gasteiger partial charge in [0.25, 0.3) is 10.0 Å². The summed E-state index contributed by atoms with van der Waals surface area (Å²) in [6.07, 6.45) is 2.35. The van der Waals surface area contributed by atoms with Gasteiger partial charge in [-0.15, -0.1) is 0 Å². The molecule has 0 atom stereocenters. The first-order valence-corrected chi connectivity index (χ1v) is 11.2. The van der Waals surface area contributed by atoms with Crippen molar-refractivity contribution in [2.45, 2.75) is 17.9 Å². The second-order valence-corrected chi connectivity index (χ2v) is 9.04. The molecule has 9 heteroatoms. The number of carbonyl (C=O) groups is 1. The summed E-state index contributed by atoms with van der Waals surface area (Å²) in [5.41, 5.74) is 2.74. The highest BCUT2D eigenvalue weighted by Gasteiger charge is 2.43. The van der Waals surface area contributed by atoms with E-state index in [1.807, 2.05) is 42.5 Å². The Morgan fingerprint density at radius 1 is 0.968 bits per heavy atom. The van der Waals surface area contributed by atoms with Crippen LogP contribution in [0.2, 0.25) is 0 Å². The average molecular weight is 436 g/mol. The molecule has 4 rings (SSSR count). The summed E-state index contributed by atoms with van der Waals surface area (Å²) < 4.78 is 28.6. The molecule has 0 saturated heterocycles. The molecular formula is C22H21N5O3S.